The van der Waals surface area contributed by atoms with E-state index in [-0.39, 0.29) is 11.5 Å². The molecule has 0 saturated heterocycles. The second-order valence-electron chi connectivity index (χ2n) is 3.35. The summed E-state index contributed by atoms with van der Waals surface area (Å²) in [5.74, 6) is 0.697. The average Bonchev–Trinajstić information content (AvgIpc) is 2.62. The SMILES string of the molecule is [B]c1onc(NC(=O)Oc2ccccc2)c1C. The zero-order valence-electron chi connectivity index (χ0n) is 9.14. The number of anilines is 1. The summed E-state index contributed by atoms with van der Waals surface area (Å²) in [6.45, 7) is 1.68. The topological polar surface area (TPSA) is 64.4 Å². The molecule has 1 aromatic carbocycles. The number of nitrogens with zero attached hydrogens (tertiary/aromatic N) is 1. The number of aromatic nitrogens is 1. The third kappa shape index (κ3) is 2.66. The molecule has 1 heterocycles. The zero-order chi connectivity index (χ0) is 12.3. The van der Waals surface area contributed by atoms with Crippen molar-refractivity contribution in [2.75, 3.05) is 5.32 Å². The normalized spacial score (nSPS) is 9.94. The molecular formula is C11H9BN2O3. The van der Waals surface area contributed by atoms with Crippen LogP contribution < -0.4 is 15.7 Å². The molecule has 84 valence electrons. The van der Waals surface area contributed by atoms with Gasteiger partial charge >= 0.3 is 6.09 Å². The fraction of sp³-hybridized carbons (Fsp3) is 0.0909. The summed E-state index contributed by atoms with van der Waals surface area (Å²) in [4.78, 5) is 11.5. The maximum Gasteiger partial charge on any atom is 0.418 e. The van der Waals surface area contributed by atoms with Crippen molar-refractivity contribution in [3.8, 4) is 5.75 Å². The fourth-order valence-electron chi connectivity index (χ4n) is 1.18. The molecule has 0 spiro atoms. The molecule has 17 heavy (non-hydrogen) atoms. The first-order chi connectivity index (χ1) is 8.16. The molecule has 5 nitrogen and oxygen atoms in total. The van der Waals surface area contributed by atoms with E-state index in [0.29, 0.717) is 11.3 Å². The highest BCUT2D eigenvalue weighted by Gasteiger charge is 2.12. The summed E-state index contributed by atoms with van der Waals surface area (Å²) in [5, 5.41) is 6.02. The Balaban J connectivity index is 2.01. The number of rotatable bonds is 2. The largest absolute Gasteiger partial charge is 0.418 e. The highest BCUT2D eigenvalue weighted by Crippen LogP contribution is 2.12. The van der Waals surface area contributed by atoms with Crippen LogP contribution in [0.15, 0.2) is 34.9 Å². The fourth-order valence-corrected chi connectivity index (χ4v) is 1.18. The minimum atomic E-state index is -0.646. The van der Waals surface area contributed by atoms with E-state index in [1.807, 2.05) is 6.07 Å². The van der Waals surface area contributed by atoms with Crippen LogP contribution in [0.25, 0.3) is 0 Å². The lowest BCUT2D eigenvalue weighted by molar-refractivity contribution is 0.215. The standard InChI is InChI=1S/C11H9BN2O3/c1-7-9(12)17-14-10(7)13-11(15)16-8-5-3-2-4-6-8/h2-6H,1H3,(H,13,14,15). The molecule has 0 aliphatic heterocycles. The van der Waals surface area contributed by atoms with E-state index in [1.54, 1.807) is 31.2 Å². The van der Waals surface area contributed by atoms with E-state index in [0.717, 1.165) is 0 Å². The minimum absolute atomic E-state index is 0.167. The molecule has 0 aliphatic carbocycles. The Labute approximate surface area is 99.2 Å². The number of ether oxygens (including phenoxy) is 1. The smallest absolute Gasteiger partial charge is 0.410 e. The van der Waals surface area contributed by atoms with Gasteiger partial charge < -0.3 is 9.26 Å². The lowest BCUT2D eigenvalue weighted by Gasteiger charge is -2.04. The molecule has 2 rings (SSSR count). The van der Waals surface area contributed by atoms with Gasteiger partial charge in [-0.25, -0.2) is 4.79 Å². The third-order valence-electron chi connectivity index (χ3n) is 2.13. The first-order valence-electron chi connectivity index (χ1n) is 4.92. The van der Waals surface area contributed by atoms with Crippen LogP contribution in [0.4, 0.5) is 10.6 Å². The Hall–Kier alpha value is -2.24. The molecule has 0 fully saturated rings. The molecular weight excluding hydrogens is 219 g/mol. The van der Waals surface area contributed by atoms with Crippen LogP contribution in [0.5, 0.6) is 5.75 Å². The highest BCUT2D eigenvalue weighted by molar-refractivity contribution is 6.31. The van der Waals surface area contributed by atoms with Gasteiger partial charge in [-0.15, -0.1) is 0 Å². The van der Waals surface area contributed by atoms with Crippen LogP contribution in [0, 0.1) is 6.92 Å². The van der Waals surface area contributed by atoms with Crippen molar-refractivity contribution in [2.45, 2.75) is 6.92 Å². The van der Waals surface area contributed by atoms with Gasteiger partial charge in [0.05, 0.1) is 5.66 Å². The van der Waals surface area contributed by atoms with E-state index in [2.05, 4.69) is 10.5 Å². The van der Waals surface area contributed by atoms with E-state index in [4.69, 9.17) is 17.1 Å². The molecule has 2 aromatic rings. The summed E-state index contributed by atoms with van der Waals surface area (Å²) in [5.41, 5.74) is 0.732. The van der Waals surface area contributed by atoms with Crippen LogP contribution in [-0.2, 0) is 0 Å². The van der Waals surface area contributed by atoms with Crippen LogP contribution in [0.2, 0.25) is 0 Å². The van der Waals surface area contributed by atoms with Crippen molar-refractivity contribution in [2.24, 2.45) is 0 Å². The zero-order valence-corrected chi connectivity index (χ0v) is 9.14. The molecule has 0 atom stereocenters. The summed E-state index contributed by atoms with van der Waals surface area (Å²) < 4.78 is 9.71. The second kappa shape index (κ2) is 4.73. The Bertz CT molecular complexity index is 525. The summed E-state index contributed by atoms with van der Waals surface area (Å²) in [7, 11) is 5.45. The second-order valence-corrected chi connectivity index (χ2v) is 3.35. The summed E-state index contributed by atoms with van der Waals surface area (Å²) in [6, 6.07) is 8.70. The Morgan fingerprint density at radius 2 is 2.12 bits per heavy atom. The number of para-hydroxylation sites is 1. The van der Waals surface area contributed by atoms with Crippen molar-refractivity contribution in [3.05, 3.63) is 35.9 Å². The number of benzene rings is 1. The quantitative estimate of drug-likeness (QED) is 0.788. The van der Waals surface area contributed by atoms with Crippen molar-refractivity contribution in [1.29, 1.82) is 0 Å². The van der Waals surface area contributed by atoms with Gasteiger partial charge in [-0.3, -0.25) is 5.32 Å². The number of hydrogen-bond donors (Lipinski definition) is 1. The van der Waals surface area contributed by atoms with Gasteiger partial charge in [0.1, 0.15) is 5.75 Å². The van der Waals surface area contributed by atoms with Gasteiger partial charge in [0, 0.05) is 5.56 Å². The van der Waals surface area contributed by atoms with Crippen LogP contribution >= 0.6 is 0 Å². The third-order valence-corrected chi connectivity index (χ3v) is 2.13. The summed E-state index contributed by atoms with van der Waals surface area (Å²) >= 11 is 0. The molecule has 1 aromatic heterocycles. The average molecular weight is 228 g/mol. The minimum Gasteiger partial charge on any atom is -0.410 e. The van der Waals surface area contributed by atoms with E-state index in [1.165, 1.54) is 0 Å². The molecule has 0 unspecified atom stereocenters. The van der Waals surface area contributed by atoms with Crippen molar-refractivity contribution in [1.82, 2.24) is 5.16 Å². The predicted molar refractivity (Wildman–Crippen MR) is 62.7 cm³/mol. The molecule has 6 heteroatoms. The molecule has 2 radical (unpaired) electrons. The van der Waals surface area contributed by atoms with E-state index < -0.39 is 6.09 Å². The molecule has 0 saturated carbocycles. The Kier molecular flexibility index (Phi) is 3.14. The van der Waals surface area contributed by atoms with Gasteiger partial charge in [-0.05, 0) is 19.1 Å². The lowest BCUT2D eigenvalue weighted by atomic mass is 10.0. The lowest BCUT2D eigenvalue weighted by Crippen LogP contribution is -2.18. The number of carbonyl (C=O) groups is 1. The van der Waals surface area contributed by atoms with Crippen molar-refractivity contribution >= 4 is 25.4 Å². The number of hydrogen-bond acceptors (Lipinski definition) is 4. The van der Waals surface area contributed by atoms with Crippen LogP contribution in [-0.4, -0.2) is 19.1 Å². The number of carbonyl (C=O) groups excluding carboxylic acids is 1. The first kappa shape index (κ1) is 11.3. The Morgan fingerprint density at radius 1 is 1.41 bits per heavy atom. The van der Waals surface area contributed by atoms with Gasteiger partial charge in [-0.2, -0.15) is 0 Å². The van der Waals surface area contributed by atoms with Gasteiger partial charge in [0.2, 0.25) is 0 Å². The van der Waals surface area contributed by atoms with Gasteiger partial charge in [-0.1, -0.05) is 23.4 Å². The number of amides is 1. The predicted octanol–water partition coefficient (Wildman–Crippen LogP) is 1.39. The van der Waals surface area contributed by atoms with Gasteiger partial charge in [0.25, 0.3) is 0 Å². The van der Waals surface area contributed by atoms with Crippen LogP contribution in [0.1, 0.15) is 5.56 Å². The van der Waals surface area contributed by atoms with E-state index >= 15 is 0 Å². The van der Waals surface area contributed by atoms with Crippen LogP contribution in [0.3, 0.4) is 0 Å². The molecule has 0 bridgehead atoms. The number of nitrogens with one attached hydrogen (secondary N) is 1. The van der Waals surface area contributed by atoms with Gasteiger partial charge in [0.15, 0.2) is 13.7 Å². The Morgan fingerprint density at radius 3 is 2.71 bits per heavy atom. The van der Waals surface area contributed by atoms with Crippen molar-refractivity contribution < 1.29 is 14.1 Å². The molecule has 1 N–H and O–H groups in total. The first-order valence-corrected chi connectivity index (χ1v) is 4.92. The molecule has 1 amide bonds. The summed E-state index contributed by atoms with van der Waals surface area (Å²) in [6.07, 6.45) is -0.646. The van der Waals surface area contributed by atoms with Crippen molar-refractivity contribution in [3.63, 3.8) is 0 Å². The maximum atomic E-state index is 11.5. The molecule has 0 aliphatic rings. The maximum absolute atomic E-state index is 11.5. The monoisotopic (exact) mass is 228 g/mol. The highest BCUT2D eigenvalue weighted by atomic mass is 16.6. The van der Waals surface area contributed by atoms with E-state index in [9.17, 15) is 4.79 Å².